The lowest BCUT2D eigenvalue weighted by atomic mass is 10.1. The zero-order valence-electron chi connectivity index (χ0n) is 13.1. The zero-order valence-corrected chi connectivity index (χ0v) is 13.9. The first kappa shape index (κ1) is 15.9. The van der Waals surface area contributed by atoms with Gasteiger partial charge in [-0.3, -0.25) is 9.59 Å². The molecule has 1 unspecified atom stereocenters. The summed E-state index contributed by atoms with van der Waals surface area (Å²) in [6, 6.07) is 3.53. The second kappa shape index (κ2) is 7.04. The van der Waals surface area contributed by atoms with Crippen molar-refractivity contribution < 1.29 is 9.59 Å². The summed E-state index contributed by atoms with van der Waals surface area (Å²) >= 11 is 1.44. The molecule has 0 aromatic carbocycles. The van der Waals surface area contributed by atoms with E-state index in [1.807, 2.05) is 24.4 Å². The standard InChI is InChI=1S/C16H20N4O2S/c1-11(16-19-18-14-7-3-9-20(14)16)17-15(22)8-2-5-12(21)13-6-4-10-23-13/h4,6,10-11H,2-3,5,7-9H2,1H3,(H,17,22). The van der Waals surface area contributed by atoms with E-state index in [1.165, 1.54) is 11.3 Å². The van der Waals surface area contributed by atoms with Crippen LogP contribution in [0.1, 0.15) is 60.0 Å². The molecule has 0 saturated heterocycles. The van der Waals surface area contributed by atoms with Crippen LogP contribution in [0.5, 0.6) is 0 Å². The number of ketones is 1. The Morgan fingerprint density at radius 1 is 1.39 bits per heavy atom. The Labute approximate surface area is 138 Å². The van der Waals surface area contributed by atoms with Crippen LogP contribution >= 0.6 is 11.3 Å². The van der Waals surface area contributed by atoms with Gasteiger partial charge in [-0.1, -0.05) is 6.07 Å². The van der Waals surface area contributed by atoms with Crippen LogP contribution in [-0.2, 0) is 17.8 Å². The molecule has 23 heavy (non-hydrogen) atoms. The van der Waals surface area contributed by atoms with E-state index in [9.17, 15) is 9.59 Å². The largest absolute Gasteiger partial charge is 0.346 e. The number of hydrogen-bond acceptors (Lipinski definition) is 5. The van der Waals surface area contributed by atoms with Crippen LogP contribution in [0.3, 0.4) is 0 Å². The maximum absolute atomic E-state index is 12.0. The number of hydrogen-bond donors (Lipinski definition) is 1. The minimum atomic E-state index is -0.158. The smallest absolute Gasteiger partial charge is 0.220 e. The highest BCUT2D eigenvalue weighted by Crippen LogP contribution is 2.19. The molecule has 6 nitrogen and oxygen atoms in total. The monoisotopic (exact) mass is 332 g/mol. The number of nitrogens with zero attached hydrogens (tertiary/aromatic N) is 3. The van der Waals surface area contributed by atoms with Crippen molar-refractivity contribution in [3.8, 4) is 0 Å². The molecule has 0 bridgehead atoms. The van der Waals surface area contributed by atoms with Gasteiger partial charge in [-0.2, -0.15) is 0 Å². The Balaban J connectivity index is 1.45. The van der Waals surface area contributed by atoms with Gasteiger partial charge in [0.1, 0.15) is 5.82 Å². The van der Waals surface area contributed by atoms with Crippen LogP contribution in [0.4, 0.5) is 0 Å². The summed E-state index contributed by atoms with van der Waals surface area (Å²) < 4.78 is 2.09. The first-order valence-corrected chi connectivity index (χ1v) is 8.81. The third kappa shape index (κ3) is 3.67. The molecular formula is C16H20N4O2S. The predicted molar refractivity (Wildman–Crippen MR) is 87.4 cm³/mol. The molecule has 0 spiro atoms. The minimum absolute atomic E-state index is 0.0492. The fourth-order valence-electron chi connectivity index (χ4n) is 2.84. The van der Waals surface area contributed by atoms with Crippen molar-refractivity contribution in [3.05, 3.63) is 34.0 Å². The van der Waals surface area contributed by atoms with Crippen molar-refractivity contribution in [2.75, 3.05) is 0 Å². The Kier molecular flexibility index (Phi) is 4.85. The molecule has 0 fully saturated rings. The van der Waals surface area contributed by atoms with Crippen molar-refractivity contribution >= 4 is 23.0 Å². The van der Waals surface area contributed by atoms with Gasteiger partial charge in [-0.05, 0) is 31.2 Å². The predicted octanol–water partition coefficient (Wildman–Crippen LogP) is 2.52. The topological polar surface area (TPSA) is 76.9 Å². The van der Waals surface area contributed by atoms with Crippen molar-refractivity contribution in [2.24, 2.45) is 0 Å². The highest BCUT2D eigenvalue weighted by Gasteiger charge is 2.22. The van der Waals surface area contributed by atoms with Crippen LogP contribution in [0.2, 0.25) is 0 Å². The summed E-state index contributed by atoms with van der Waals surface area (Å²) in [5.41, 5.74) is 0. The van der Waals surface area contributed by atoms with Gasteiger partial charge in [0.25, 0.3) is 0 Å². The number of rotatable bonds is 7. The Morgan fingerprint density at radius 2 is 2.26 bits per heavy atom. The van der Waals surface area contributed by atoms with Gasteiger partial charge in [0.2, 0.25) is 5.91 Å². The zero-order chi connectivity index (χ0) is 16.2. The van der Waals surface area contributed by atoms with Gasteiger partial charge in [-0.15, -0.1) is 21.5 Å². The van der Waals surface area contributed by atoms with Gasteiger partial charge in [0, 0.05) is 25.8 Å². The lowest BCUT2D eigenvalue weighted by Crippen LogP contribution is -2.28. The summed E-state index contributed by atoms with van der Waals surface area (Å²) in [4.78, 5) is 24.7. The van der Waals surface area contributed by atoms with E-state index in [1.54, 1.807) is 0 Å². The lowest BCUT2D eigenvalue weighted by molar-refractivity contribution is -0.121. The van der Waals surface area contributed by atoms with Crippen LogP contribution in [-0.4, -0.2) is 26.5 Å². The average Bonchev–Trinajstić information content (AvgIpc) is 3.24. The molecule has 0 radical (unpaired) electrons. The van der Waals surface area contributed by atoms with Gasteiger partial charge >= 0.3 is 0 Å². The molecule has 0 aliphatic carbocycles. The number of carbonyl (C=O) groups excluding carboxylic acids is 2. The van der Waals surface area contributed by atoms with Gasteiger partial charge < -0.3 is 9.88 Å². The number of carbonyl (C=O) groups is 2. The third-order valence-electron chi connectivity index (χ3n) is 4.01. The number of aromatic nitrogens is 3. The molecular weight excluding hydrogens is 312 g/mol. The van der Waals surface area contributed by atoms with Crippen LogP contribution in [0, 0.1) is 0 Å². The van der Waals surface area contributed by atoms with E-state index >= 15 is 0 Å². The van der Waals surface area contributed by atoms with Gasteiger partial charge in [-0.25, -0.2) is 0 Å². The summed E-state index contributed by atoms with van der Waals surface area (Å²) in [5, 5.41) is 13.2. The van der Waals surface area contributed by atoms with E-state index in [0.29, 0.717) is 19.3 Å². The maximum Gasteiger partial charge on any atom is 0.220 e. The first-order valence-electron chi connectivity index (χ1n) is 7.93. The van der Waals surface area contributed by atoms with Crippen LogP contribution < -0.4 is 5.32 Å². The van der Waals surface area contributed by atoms with Gasteiger partial charge in [0.15, 0.2) is 11.6 Å². The quantitative estimate of drug-likeness (QED) is 0.790. The average molecular weight is 332 g/mol. The number of aryl methyl sites for hydroxylation is 1. The van der Waals surface area contributed by atoms with Crippen LogP contribution in [0.15, 0.2) is 17.5 Å². The SMILES string of the molecule is CC(NC(=O)CCCC(=O)c1cccs1)c1nnc2n1CCC2. The van der Waals surface area contributed by atoms with Gasteiger partial charge in [0.05, 0.1) is 10.9 Å². The molecule has 2 aromatic rings. The second-order valence-electron chi connectivity index (χ2n) is 5.77. The van der Waals surface area contributed by atoms with Crippen LogP contribution in [0.25, 0.3) is 0 Å². The number of nitrogens with one attached hydrogen (secondary N) is 1. The van der Waals surface area contributed by atoms with E-state index in [0.717, 1.165) is 35.9 Å². The molecule has 3 heterocycles. The van der Waals surface area contributed by atoms with E-state index < -0.39 is 0 Å². The number of Topliss-reactive ketones (excluding diaryl/α,β-unsaturated/α-hetero) is 1. The lowest BCUT2D eigenvalue weighted by Gasteiger charge is -2.13. The molecule has 1 amide bonds. The highest BCUT2D eigenvalue weighted by atomic mass is 32.1. The summed E-state index contributed by atoms with van der Waals surface area (Å²) in [6.07, 6.45) is 3.36. The molecule has 2 aromatic heterocycles. The molecule has 122 valence electrons. The number of thiophene rings is 1. The molecule has 7 heteroatoms. The number of fused-ring (bicyclic) bond motifs is 1. The fraction of sp³-hybridized carbons (Fsp3) is 0.500. The Morgan fingerprint density at radius 3 is 3.04 bits per heavy atom. The minimum Gasteiger partial charge on any atom is -0.346 e. The summed E-state index contributed by atoms with van der Waals surface area (Å²) in [6.45, 7) is 2.84. The van der Waals surface area contributed by atoms with Crippen molar-refractivity contribution in [3.63, 3.8) is 0 Å². The molecule has 1 N–H and O–H groups in total. The Hall–Kier alpha value is -2.02. The van der Waals surface area contributed by atoms with E-state index in [2.05, 4.69) is 20.1 Å². The third-order valence-corrected chi connectivity index (χ3v) is 4.92. The van der Waals surface area contributed by atoms with Crippen molar-refractivity contribution in [1.82, 2.24) is 20.1 Å². The molecule has 0 saturated carbocycles. The maximum atomic E-state index is 12.0. The second-order valence-corrected chi connectivity index (χ2v) is 6.72. The molecule has 1 aliphatic rings. The molecule has 3 rings (SSSR count). The van der Waals surface area contributed by atoms with Crippen molar-refractivity contribution in [1.29, 1.82) is 0 Å². The van der Waals surface area contributed by atoms with E-state index in [4.69, 9.17) is 0 Å². The first-order chi connectivity index (χ1) is 11.1. The fourth-order valence-corrected chi connectivity index (χ4v) is 3.54. The van der Waals surface area contributed by atoms with E-state index in [-0.39, 0.29) is 17.7 Å². The van der Waals surface area contributed by atoms with Crippen molar-refractivity contribution in [2.45, 2.75) is 51.6 Å². The molecule has 1 atom stereocenters. The Bertz CT molecular complexity index is 693. The molecule has 1 aliphatic heterocycles. The normalized spacial score (nSPS) is 14.5. The highest BCUT2D eigenvalue weighted by molar-refractivity contribution is 7.12. The number of amides is 1. The summed E-state index contributed by atoms with van der Waals surface area (Å²) in [7, 11) is 0. The summed E-state index contributed by atoms with van der Waals surface area (Å²) in [5.74, 6) is 1.88.